The molecule has 0 radical (unpaired) electrons. The van der Waals surface area contributed by atoms with Gasteiger partial charge in [-0.1, -0.05) is 12.1 Å². The van der Waals surface area contributed by atoms with Crippen molar-refractivity contribution < 1.29 is 19.1 Å². The first kappa shape index (κ1) is 17.3. The molecule has 0 aliphatic heterocycles. The molecule has 0 fully saturated rings. The number of esters is 1. The van der Waals surface area contributed by atoms with Crippen LogP contribution in [0.25, 0.3) is 5.65 Å². The molecule has 1 atom stereocenters. The maximum atomic E-state index is 12.2. The first-order chi connectivity index (χ1) is 12.4. The first-order valence-electron chi connectivity index (χ1n) is 7.86. The van der Waals surface area contributed by atoms with Crippen molar-refractivity contribution in [1.29, 1.82) is 0 Å². The van der Waals surface area contributed by atoms with Gasteiger partial charge < -0.3 is 10.1 Å². The normalized spacial score (nSPS) is 11.8. The van der Waals surface area contributed by atoms with Crippen LogP contribution in [0.1, 0.15) is 34.6 Å². The van der Waals surface area contributed by atoms with E-state index in [-0.39, 0.29) is 11.3 Å². The lowest BCUT2D eigenvalue weighted by Crippen LogP contribution is -2.30. The van der Waals surface area contributed by atoms with Crippen molar-refractivity contribution >= 4 is 29.0 Å². The molecule has 1 unspecified atom stereocenters. The molecule has 0 saturated carbocycles. The highest BCUT2D eigenvalue weighted by Gasteiger charge is 2.19. The second kappa shape index (κ2) is 7.14. The Bertz CT molecular complexity index is 996. The van der Waals surface area contributed by atoms with Crippen molar-refractivity contribution in [3.63, 3.8) is 0 Å². The Morgan fingerprint density at radius 2 is 1.96 bits per heavy atom. The summed E-state index contributed by atoms with van der Waals surface area (Å²) in [5.74, 6) is -1.24. The van der Waals surface area contributed by atoms with Crippen molar-refractivity contribution in [1.82, 2.24) is 14.6 Å². The molecule has 1 aromatic carbocycles. The Morgan fingerprint density at radius 3 is 2.73 bits per heavy atom. The van der Waals surface area contributed by atoms with Crippen molar-refractivity contribution in [2.45, 2.75) is 20.0 Å². The smallest absolute Gasteiger partial charge is 0.340 e. The van der Waals surface area contributed by atoms with Crippen molar-refractivity contribution in [3.05, 3.63) is 60.0 Å². The molecule has 8 heteroatoms. The monoisotopic (exact) mass is 352 g/mol. The van der Waals surface area contributed by atoms with Crippen LogP contribution < -0.4 is 5.32 Å². The Labute approximate surface area is 148 Å². The number of carbonyl (C=O) groups is 3. The number of benzene rings is 1. The third-order valence-corrected chi connectivity index (χ3v) is 3.72. The van der Waals surface area contributed by atoms with E-state index in [1.807, 2.05) is 0 Å². The van der Waals surface area contributed by atoms with Crippen molar-refractivity contribution in [2.24, 2.45) is 0 Å². The fourth-order valence-electron chi connectivity index (χ4n) is 2.29. The molecular weight excluding hydrogens is 336 g/mol. The molecule has 0 saturated heterocycles. The lowest BCUT2D eigenvalue weighted by atomic mass is 10.1. The van der Waals surface area contributed by atoms with Gasteiger partial charge >= 0.3 is 5.97 Å². The van der Waals surface area contributed by atoms with E-state index < -0.39 is 18.0 Å². The van der Waals surface area contributed by atoms with E-state index in [0.717, 1.165) is 0 Å². The van der Waals surface area contributed by atoms with Gasteiger partial charge in [0.05, 0.1) is 5.56 Å². The van der Waals surface area contributed by atoms with Crippen LogP contribution in [0, 0.1) is 0 Å². The average Bonchev–Trinajstić information content (AvgIpc) is 3.09. The molecule has 2 aromatic heterocycles. The number of aromatic nitrogens is 3. The standard InChI is InChI=1S/C18H16N4O4/c1-11(23)13-4-3-5-15(8-13)20-17(24)12(2)26-18(25)14-6-7-16-21-19-10-22(16)9-14/h3-10,12H,1-2H3,(H,20,24). The van der Waals surface area contributed by atoms with Crippen LogP contribution >= 0.6 is 0 Å². The lowest BCUT2D eigenvalue weighted by Gasteiger charge is -2.14. The topological polar surface area (TPSA) is 103 Å². The van der Waals surface area contributed by atoms with Crippen LogP contribution in [0.15, 0.2) is 48.9 Å². The second-order valence-corrected chi connectivity index (χ2v) is 5.69. The minimum absolute atomic E-state index is 0.107. The van der Waals surface area contributed by atoms with Crippen LogP contribution in [0.4, 0.5) is 5.69 Å². The van der Waals surface area contributed by atoms with Gasteiger partial charge in [-0.3, -0.25) is 14.0 Å². The van der Waals surface area contributed by atoms with E-state index in [1.165, 1.54) is 26.4 Å². The zero-order valence-corrected chi connectivity index (χ0v) is 14.2. The van der Waals surface area contributed by atoms with E-state index in [0.29, 0.717) is 16.9 Å². The maximum Gasteiger partial charge on any atom is 0.340 e. The number of nitrogens with one attached hydrogen (secondary N) is 1. The second-order valence-electron chi connectivity index (χ2n) is 5.69. The molecule has 0 aliphatic carbocycles. The number of ether oxygens (including phenoxy) is 1. The number of hydrogen-bond donors (Lipinski definition) is 1. The zero-order valence-electron chi connectivity index (χ0n) is 14.2. The fraction of sp³-hybridized carbons (Fsp3) is 0.167. The fourth-order valence-corrected chi connectivity index (χ4v) is 2.29. The van der Waals surface area contributed by atoms with Crippen LogP contribution in [0.2, 0.25) is 0 Å². The number of nitrogens with zero attached hydrogens (tertiary/aromatic N) is 3. The van der Waals surface area contributed by atoms with Gasteiger partial charge in [-0.05, 0) is 38.1 Å². The zero-order chi connectivity index (χ0) is 18.7. The number of rotatable bonds is 5. The van der Waals surface area contributed by atoms with Crippen LogP contribution in [0.3, 0.4) is 0 Å². The molecular formula is C18H16N4O4. The number of pyridine rings is 1. The Kier molecular flexibility index (Phi) is 4.74. The van der Waals surface area contributed by atoms with Crippen LogP contribution in [-0.2, 0) is 9.53 Å². The maximum absolute atomic E-state index is 12.2. The highest BCUT2D eigenvalue weighted by molar-refractivity contribution is 5.99. The molecule has 3 aromatic rings. The van der Waals surface area contributed by atoms with Gasteiger partial charge in [0.25, 0.3) is 5.91 Å². The summed E-state index contributed by atoms with van der Waals surface area (Å²) in [5.41, 5.74) is 1.81. The number of hydrogen-bond acceptors (Lipinski definition) is 6. The summed E-state index contributed by atoms with van der Waals surface area (Å²) >= 11 is 0. The predicted molar refractivity (Wildman–Crippen MR) is 92.9 cm³/mol. The number of ketones is 1. The number of amides is 1. The third kappa shape index (κ3) is 3.75. The predicted octanol–water partition coefficient (Wildman–Crippen LogP) is 2.12. The summed E-state index contributed by atoms with van der Waals surface area (Å²) in [5, 5.41) is 10.2. The molecule has 3 rings (SSSR count). The van der Waals surface area contributed by atoms with Crippen LogP contribution in [0.5, 0.6) is 0 Å². The third-order valence-electron chi connectivity index (χ3n) is 3.72. The minimum Gasteiger partial charge on any atom is -0.449 e. The number of carbonyl (C=O) groups excluding carboxylic acids is 3. The summed E-state index contributed by atoms with van der Waals surface area (Å²) in [6, 6.07) is 9.71. The number of anilines is 1. The Hall–Kier alpha value is -3.55. The molecule has 1 amide bonds. The first-order valence-corrected chi connectivity index (χ1v) is 7.86. The highest BCUT2D eigenvalue weighted by Crippen LogP contribution is 2.13. The number of fused-ring (bicyclic) bond motifs is 1. The minimum atomic E-state index is -1.01. The molecule has 0 spiro atoms. The molecule has 132 valence electrons. The largest absolute Gasteiger partial charge is 0.449 e. The van der Waals surface area contributed by atoms with Gasteiger partial charge in [0.15, 0.2) is 17.5 Å². The summed E-state index contributed by atoms with van der Waals surface area (Å²) in [6.45, 7) is 2.91. The SMILES string of the molecule is CC(=O)c1cccc(NC(=O)C(C)OC(=O)c2ccc3nncn3c2)c1. The van der Waals surface area contributed by atoms with Gasteiger partial charge in [-0.2, -0.15) is 0 Å². The molecule has 1 N–H and O–H groups in total. The molecule has 2 heterocycles. The highest BCUT2D eigenvalue weighted by atomic mass is 16.5. The number of Topliss-reactive ketones (excluding diaryl/α,β-unsaturated/α-hetero) is 1. The molecule has 26 heavy (non-hydrogen) atoms. The summed E-state index contributed by atoms with van der Waals surface area (Å²) in [6.07, 6.45) is 1.98. The Balaban J connectivity index is 1.65. The van der Waals surface area contributed by atoms with Crippen LogP contribution in [-0.4, -0.2) is 38.4 Å². The van der Waals surface area contributed by atoms with Gasteiger partial charge in [0.2, 0.25) is 0 Å². The van der Waals surface area contributed by atoms with Gasteiger partial charge in [-0.25, -0.2) is 4.79 Å². The molecule has 0 aliphatic rings. The summed E-state index contributed by atoms with van der Waals surface area (Å²) in [4.78, 5) is 35.9. The van der Waals surface area contributed by atoms with Crippen molar-refractivity contribution in [2.75, 3.05) is 5.32 Å². The van der Waals surface area contributed by atoms with E-state index in [4.69, 9.17) is 4.74 Å². The lowest BCUT2D eigenvalue weighted by molar-refractivity contribution is -0.123. The van der Waals surface area contributed by atoms with Gasteiger partial charge in [-0.15, -0.1) is 10.2 Å². The van der Waals surface area contributed by atoms with E-state index in [2.05, 4.69) is 15.5 Å². The quantitative estimate of drug-likeness (QED) is 0.557. The molecule has 0 bridgehead atoms. The van der Waals surface area contributed by atoms with E-state index in [9.17, 15) is 14.4 Å². The average molecular weight is 352 g/mol. The van der Waals surface area contributed by atoms with Gasteiger partial charge in [0, 0.05) is 17.4 Å². The Morgan fingerprint density at radius 1 is 1.15 bits per heavy atom. The van der Waals surface area contributed by atoms with E-state index >= 15 is 0 Å². The van der Waals surface area contributed by atoms with E-state index in [1.54, 1.807) is 40.8 Å². The van der Waals surface area contributed by atoms with Gasteiger partial charge in [0.1, 0.15) is 6.33 Å². The summed E-state index contributed by atoms with van der Waals surface area (Å²) < 4.78 is 6.78. The van der Waals surface area contributed by atoms with Crippen molar-refractivity contribution in [3.8, 4) is 0 Å². The molecule has 8 nitrogen and oxygen atoms in total. The summed E-state index contributed by atoms with van der Waals surface area (Å²) in [7, 11) is 0.